The molecule has 92 valence electrons. The highest BCUT2D eigenvalue weighted by atomic mass is 16.6. The summed E-state index contributed by atoms with van der Waals surface area (Å²) in [7, 11) is 0. The number of unbranched alkanes of at least 4 members (excludes halogenated alkanes) is 2. The summed E-state index contributed by atoms with van der Waals surface area (Å²) in [6, 6.07) is 5.74. The molecule has 17 heavy (non-hydrogen) atoms. The second-order valence-corrected chi connectivity index (χ2v) is 3.77. The Labute approximate surface area is 100.0 Å². The minimum atomic E-state index is -0.506. The Kier molecular flexibility index (Phi) is 5.13. The maximum absolute atomic E-state index is 11.6. The summed E-state index contributed by atoms with van der Waals surface area (Å²) in [6.07, 6.45) is 3.08. The van der Waals surface area contributed by atoms with Gasteiger partial charge in [0.2, 0.25) is 0 Å². The molecule has 0 aliphatic carbocycles. The van der Waals surface area contributed by atoms with Crippen LogP contribution in [0.4, 0.5) is 5.69 Å². The molecule has 0 unspecified atom stereocenters. The molecule has 1 aromatic rings. The molecule has 0 aliphatic rings. The molecule has 1 amide bonds. The van der Waals surface area contributed by atoms with Gasteiger partial charge in [-0.15, -0.1) is 0 Å². The largest absolute Gasteiger partial charge is 0.352 e. The first kappa shape index (κ1) is 13.2. The van der Waals surface area contributed by atoms with E-state index in [1.54, 1.807) is 6.07 Å². The Balaban J connectivity index is 2.56. The van der Waals surface area contributed by atoms with Crippen molar-refractivity contribution in [1.82, 2.24) is 5.32 Å². The van der Waals surface area contributed by atoms with Crippen LogP contribution in [0.15, 0.2) is 24.3 Å². The lowest BCUT2D eigenvalue weighted by molar-refractivity contribution is -0.384. The summed E-state index contributed by atoms with van der Waals surface area (Å²) < 4.78 is 0. The summed E-state index contributed by atoms with van der Waals surface area (Å²) in [5.74, 6) is -0.259. The van der Waals surface area contributed by atoms with Gasteiger partial charge >= 0.3 is 0 Å². The van der Waals surface area contributed by atoms with Gasteiger partial charge in [0.15, 0.2) is 0 Å². The number of amides is 1. The van der Waals surface area contributed by atoms with Gasteiger partial charge in [0, 0.05) is 24.2 Å². The highest BCUT2D eigenvalue weighted by molar-refractivity contribution is 5.94. The third-order valence-corrected chi connectivity index (χ3v) is 2.39. The Hall–Kier alpha value is -1.91. The summed E-state index contributed by atoms with van der Waals surface area (Å²) in [4.78, 5) is 21.7. The van der Waals surface area contributed by atoms with Crippen LogP contribution < -0.4 is 5.32 Å². The molecular weight excluding hydrogens is 220 g/mol. The average Bonchev–Trinajstić information content (AvgIpc) is 2.34. The van der Waals surface area contributed by atoms with Crippen molar-refractivity contribution < 1.29 is 9.72 Å². The third-order valence-electron chi connectivity index (χ3n) is 2.39. The second kappa shape index (κ2) is 6.62. The molecule has 5 heteroatoms. The summed E-state index contributed by atoms with van der Waals surface area (Å²) in [5.41, 5.74) is 0.266. The maximum atomic E-state index is 11.6. The number of carbonyl (C=O) groups excluding carboxylic acids is 1. The number of carbonyl (C=O) groups is 1. The minimum absolute atomic E-state index is 0.0637. The van der Waals surface area contributed by atoms with E-state index in [0.29, 0.717) is 12.1 Å². The van der Waals surface area contributed by atoms with Gasteiger partial charge in [-0.05, 0) is 12.5 Å². The molecule has 1 N–H and O–H groups in total. The molecule has 1 rings (SSSR count). The fourth-order valence-electron chi connectivity index (χ4n) is 1.44. The molecule has 0 saturated carbocycles. The van der Waals surface area contributed by atoms with Gasteiger partial charge in [-0.25, -0.2) is 0 Å². The van der Waals surface area contributed by atoms with Crippen LogP contribution in [0.5, 0.6) is 0 Å². The van der Waals surface area contributed by atoms with Crippen LogP contribution in [0.1, 0.15) is 36.5 Å². The number of hydrogen-bond acceptors (Lipinski definition) is 3. The quantitative estimate of drug-likeness (QED) is 0.468. The number of nitrogens with zero attached hydrogens (tertiary/aromatic N) is 1. The van der Waals surface area contributed by atoms with Gasteiger partial charge in [-0.1, -0.05) is 25.8 Å². The highest BCUT2D eigenvalue weighted by Gasteiger charge is 2.10. The van der Waals surface area contributed by atoms with Gasteiger partial charge in [-0.3, -0.25) is 14.9 Å². The minimum Gasteiger partial charge on any atom is -0.352 e. The zero-order chi connectivity index (χ0) is 12.7. The topological polar surface area (TPSA) is 72.2 Å². The van der Waals surface area contributed by atoms with Gasteiger partial charge < -0.3 is 5.32 Å². The van der Waals surface area contributed by atoms with Crippen LogP contribution in [-0.2, 0) is 0 Å². The van der Waals surface area contributed by atoms with Gasteiger partial charge in [-0.2, -0.15) is 0 Å². The lowest BCUT2D eigenvalue weighted by Crippen LogP contribution is -2.24. The van der Waals surface area contributed by atoms with Crippen LogP contribution in [0.3, 0.4) is 0 Å². The first-order valence-corrected chi connectivity index (χ1v) is 5.67. The molecule has 0 heterocycles. The average molecular weight is 236 g/mol. The summed E-state index contributed by atoms with van der Waals surface area (Å²) in [6.45, 7) is 2.69. The van der Waals surface area contributed by atoms with E-state index in [1.165, 1.54) is 18.2 Å². The monoisotopic (exact) mass is 236 g/mol. The number of rotatable bonds is 6. The lowest BCUT2D eigenvalue weighted by atomic mass is 10.2. The van der Waals surface area contributed by atoms with Crippen LogP contribution >= 0.6 is 0 Å². The van der Waals surface area contributed by atoms with Crippen LogP contribution in [-0.4, -0.2) is 17.4 Å². The molecule has 0 spiro atoms. The molecule has 1 aromatic carbocycles. The molecule has 5 nitrogen and oxygen atoms in total. The van der Waals surface area contributed by atoms with Crippen molar-refractivity contribution in [2.75, 3.05) is 6.54 Å². The first-order chi connectivity index (χ1) is 8.15. The predicted octanol–water partition coefficient (Wildman–Crippen LogP) is 2.51. The number of benzene rings is 1. The van der Waals surface area contributed by atoms with Gasteiger partial charge in [0.25, 0.3) is 11.6 Å². The highest BCUT2D eigenvalue weighted by Crippen LogP contribution is 2.12. The SMILES string of the molecule is CCCCCNC(=O)c1cccc([N+](=O)[O-])c1. The smallest absolute Gasteiger partial charge is 0.270 e. The Bertz CT molecular complexity index is 404. The molecule has 0 aliphatic heterocycles. The molecule has 0 saturated heterocycles. The van der Waals surface area contributed by atoms with Crippen LogP contribution in [0, 0.1) is 10.1 Å². The van der Waals surface area contributed by atoms with Crippen molar-refractivity contribution in [3.05, 3.63) is 39.9 Å². The lowest BCUT2D eigenvalue weighted by Gasteiger charge is -2.04. The standard InChI is InChI=1S/C12H16N2O3/c1-2-3-4-8-13-12(15)10-6-5-7-11(9-10)14(16)17/h5-7,9H,2-4,8H2,1H3,(H,13,15). The van der Waals surface area contributed by atoms with E-state index in [-0.39, 0.29) is 11.6 Å². The van der Waals surface area contributed by atoms with E-state index in [0.717, 1.165) is 19.3 Å². The molecular formula is C12H16N2O3. The fourth-order valence-corrected chi connectivity index (χ4v) is 1.44. The zero-order valence-electron chi connectivity index (χ0n) is 9.81. The Morgan fingerprint density at radius 2 is 2.18 bits per heavy atom. The number of nitro benzene ring substituents is 1. The predicted molar refractivity (Wildman–Crippen MR) is 65.0 cm³/mol. The number of nitro groups is 1. The summed E-state index contributed by atoms with van der Waals surface area (Å²) in [5, 5.41) is 13.3. The Morgan fingerprint density at radius 1 is 1.41 bits per heavy atom. The molecule has 0 fully saturated rings. The number of hydrogen-bond donors (Lipinski definition) is 1. The van der Waals surface area contributed by atoms with E-state index < -0.39 is 4.92 Å². The maximum Gasteiger partial charge on any atom is 0.270 e. The van der Waals surface area contributed by atoms with E-state index >= 15 is 0 Å². The number of non-ortho nitro benzene ring substituents is 1. The van der Waals surface area contributed by atoms with Crippen molar-refractivity contribution in [2.24, 2.45) is 0 Å². The molecule has 0 bridgehead atoms. The Morgan fingerprint density at radius 3 is 2.82 bits per heavy atom. The van der Waals surface area contributed by atoms with E-state index in [1.807, 2.05) is 0 Å². The van der Waals surface area contributed by atoms with E-state index in [9.17, 15) is 14.9 Å². The second-order valence-electron chi connectivity index (χ2n) is 3.77. The van der Waals surface area contributed by atoms with Crippen molar-refractivity contribution >= 4 is 11.6 Å². The zero-order valence-corrected chi connectivity index (χ0v) is 9.81. The molecule has 0 radical (unpaired) electrons. The van der Waals surface area contributed by atoms with Crippen LogP contribution in [0.25, 0.3) is 0 Å². The summed E-state index contributed by atoms with van der Waals surface area (Å²) >= 11 is 0. The van der Waals surface area contributed by atoms with Gasteiger partial charge in [0.05, 0.1) is 4.92 Å². The van der Waals surface area contributed by atoms with Crippen molar-refractivity contribution in [3.8, 4) is 0 Å². The van der Waals surface area contributed by atoms with Crippen molar-refractivity contribution in [3.63, 3.8) is 0 Å². The third kappa shape index (κ3) is 4.22. The fraction of sp³-hybridized carbons (Fsp3) is 0.417. The molecule has 0 atom stereocenters. The van der Waals surface area contributed by atoms with E-state index in [4.69, 9.17) is 0 Å². The van der Waals surface area contributed by atoms with Crippen LogP contribution in [0.2, 0.25) is 0 Å². The molecule has 0 aromatic heterocycles. The normalized spacial score (nSPS) is 9.94. The number of nitrogens with one attached hydrogen (secondary N) is 1. The van der Waals surface area contributed by atoms with E-state index in [2.05, 4.69) is 12.2 Å². The van der Waals surface area contributed by atoms with Crippen molar-refractivity contribution in [2.45, 2.75) is 26.2 Å². The first-order valence-electron chi connectivity index (χ1n) is 5.67. The van der Waals surface area contributed by atoms with Gasteiger partial charge in [0.1, 0.15) is 0 Å². The van der Waals surface area contributed by atoms with Crippen molar-refractivity contribution in [1.29, 1.82) is 0 Å².